The van der Waals surface area contributed by atoms with Crippen LogP contribution in [0.5, 0.6) is 0 Å². The van der Waals surface area contributed by atoms with Crippen molar-refractivity contribution in [3.05, 3.63) is 90.0 Å². The molecule has 1 amide bonds. The van der Waals surface area contributed by atoms with Gasteiger partial charge in [-0.2, -0.15) is 0 Å². The summed E-state index contributed by atoms with van der Waals surface area (Å²) in [5, 5.41) is 0. The number of rotatable bonds is 5. The number of amides is 1. The highest BCUT2D eigenvalue weighted by atomic mass is 32.2. The number of nitrogens with one attached hydrogen (secondary N) is 1. The summed E-state index contributed by atoms with van der Waals surface area (Å²) >= 11 is 0. The van der Waals surface area contributed by atoms with Gasteiger partial charge in [-0.05, 0) is 48.9 Å². The predicted octanol–water partition coefficient (Wildman–Crippen LogP) is 3.76. The van der Waals surface area contributed by atoms with Crippen LogP contribution in [-0.2, 0) is 10.0 Å². The second-order valence-corrected chi connectivity index (χ2v) is 9.25. The Morgan fingerprint density at radius 2 is 1.52 bits per heavy atom. The van der Waals surface area contributed by atoms with Crippen LogP contribution in [0, 0.1) is 6.92 Å². The Balaban J connectivity index is 1.47. The van der Waals surface area contributed by atoms with Crippen molar-refractivity contribution in [1.82, 2.24) is 4.90 Å². The molecule has 1 heterocycles. The largest absolute Gasteiger partial charge is 0.368 e. The summed E-state index contributed by atoms with van der Waals surface area (Å²) in [5.74, 6) is -0.152. The van der Waals surface area contributed by atoms with E-state index < -0.39 is 10.0 Å². The first-order valence-electron chi connectivity index (χ1n) is 10.2. The van der Waals surface area contributed by atoms with Gasteiger partial charge in [-0.25, -0.2) is 8.42 Å². The zero-order chi connectivity index (χ0) is 21.8. The molecule has 6 nitrogen and oxygen atoms in total. The van der Waals surface area contributed by atoms with E-state index in [0.29, 0.717) is 24.3 Å². The minimum Gasteiger partial charge on any atom is -0.368 e. The number of hydrogen-bond acceptors (Lipinski definition) is 4. The molecule has 0 saturated carbocycles. The molecule has 1 fully saturated rings. The molecule has 7 heteroatoms. The lowest BCUT2D eigenvalue weighted by Gasteiger charge is -2.36. The normalized spacial score (nSPS) is 14.4. The SMILES string of the molecule is Cc1ccccc1NS(=O)(=O)c1cccc(C(=O)N2CCN(c3ccccc3)CC2)c1. The van der Waals surface area contributed by atoms with E-state index in [1.54, 1.807) is 29.2 Å². The number of hydrogen-bond donors (Lipinski definition) is 1. The average Bonchev–Trinajstić information content (AvgIpc) is 2.81. The van der Waals surface area contributed by atoms with Crippen molar-refractivity contribution < 1.29 is 13.2 Å². The first-order chi connectivity index (χ1) is 14.9. The summed E-state index contributed by atoms with van der Waals surface area (Å²) < 4.78 is 28.3. The molecule has 0 atom stereocenters. The molecule has 1 aliphatic heterocycles. The van der Waals surface area contributed by atoms with E-state index in [4.69, 9.17) is 0 Å². The number of sulfonamides is 1. The van der Waals surface area contributed by atoms with Crippen LogP contribution in [0.2, 0.25) is 0 Å². The lowest BCUT2D eigenvalue weighted by atomic mass is 10.1. The maximum Gasteiger partial charge on any atom is 0.261 e. The molecule has 3 aromatic rings. The second-order valence-electron chi connectivity index (χ2n) is 7.56. The summed E-state index contributed by atoms with van der Waals surface area (Å²) in [6.45, 7) is 4.50. The van der Waals surface area contributed by atoms with Crippen molar-refractivity contribution in [2.24, 2.45) is 0 Å². The third kappa shape index (κ3) is 4.72. The van der Waals surface area contributed by atoms with Gasteiger partial charge in [0.1, 0.15) is 0 Å². The summed E-state index contributed by atoms with van der Waals surface area (Å²) in [6.07, 6.45) is 0. The fraction of sp³-hybridized carbons (Fsp3) is 0.208. The van der Waals surface area contributed by atoms with Crippen LogP contribution in [0.3, 0.4) is 0 Å². The molecule has 0 bridgehead atoms. The maximum atomic E-state index is 13.0. The molecule has 0 unspecified atom stereocenters. The first-order valence-corrected chi connectivity index (χ1v) is 11.7. The van der Waals surface area contributed by atoms with Crippen molar-refractivity contribution >= 4 is 27.3 Å². The van der Waals surface area contributed by atoms with Crippen LogP contribution in [0.4, 0.5) is 11.4 Å². The number of para-hydroxylation sites is 2. The molecular weight excluding hydrogens is 410 g/mol. The van der Waals surface area contributed by atoms with E-state index in [9.17, 15) is 13.2 Å². The van der Waals surface area contributed by atoms with Crippen molar-refractivity contribution in [2.45, 2.75) is 11.8 Å². The van der Waals surface area contributed by atoms with Crippen LogP contribution in [0.25, 0.3) is 0 Å². The lowest BCUT2D eigenvalue weighted by molar-refractivity contribution is 0.0746. The minimum atomic E-state index is -3.80. The van der Waals surface area contributed by atoms with Gasteiger partial charge in [-0.3, -0.25) is 9.52 Å². The number of benzene rings is 3. The lowest BCUT2D eigenvalue weighted by Crippen LogP contribution is -2.48. The second kappa shape index (κ2) is 8.81. The molecule has 3 aromatic carbocycles. The van der Waals surface area contributed by atoms with E-state index in [2.05, 4.69) is 21.8 Å². The van der Waals surface area contributed by atoms with Gasteiger partial charge in [-0.1, -0.05) is 42.5 Å². The molecule has 0 aliphatic carbocycles. The Kier molecular flexibility index (Phi) is 5.95. The predicted molar refractivity (Wildman–Crippen MR) is 123 cm³/mol. The number of carbonyl (C=O) groups is 1. The number of nitrogens with zero attached hydrogens (tertiary/aromatic N) is 2. The molecule has 0 spiro atoms. The van der Waals surface area contributed by atoms with Gasteiger partial charge < -0.3 is 9.80 Å². The first kappa shape index (κ1) is 20.9. The van der Waals surface area contributed by atoms with Crippen molar-refractivity contribution in [3.8, 4) is 0 Å². The summed E-state index contributed by atoms with van der Waals surface area (Å²) in [4.78, 5) is 17.1. The van der Waals surface area contributed by atoms with E-state index in [-0.39, 0.29) is 10.8 Å². The number of anilines is 2. The molecule has 31 heavy (non-hydrogen) atoms. The third-order valence-electron chi connectivity index (χ3n) is 5.47. The Morgan fingerprint density at radius 1 is 0.839 bits per heavy atom. The monoisotopic (exact) mass is 435 g/mol. The minimum absolute atomic E-state index is 0.0736. The maximum absolute atomic E-state index is 13.0. The van der Waals surface area contributed by atoms with Crippen LogP contribution >= 0.6 is 0 Å². The molecule has 1 saturated heterocycles. The van der Waals surface area contributed by atoms with Crippen molar-refractivity contribution in [2.75, 3.05) is 35.8 Å². The van der Waals surface area contributed by atoms with Crippen LogP contribution in [0.1, 0.15) is 15.9 Å². The highest BCUT2D eigenvalue weighted by Gasteiger charge is 2.24. The van der Waals surface area contributed by atoms with Gasteiger partial charge in [0.05, 0.1) is 10.6 Å². The van der Waals surface area contributed by atoms with Crippen LogP contribution < -0.4 is 9.62 Å². The topological polar surface area (TPSA) is 69.7 Å². The van der Waals surface area contributed by atoms with Gasteiger partial charge in [0.25, 0.3) is 15.9 Å². The van der Waals surface area contributed by atoms with Crippen LogP contribution in [-0.4, -0.2) is 45.4 Å². The zero-order valence-corrected chi connectivity index (χ0v) is 18.2. The fourth-order valence-electron chi connectivity index (χ4n) is 3.68. The van der Waals surface area contributed by atoms with Gasteiger partial charge in [-0.15, -0.1) is 0 Å². The van der Waals surface area contributed by atoms with E-state index >= 15 is 0 Å². The van der Waals surface area contributed by atoms with Crippen molar-refractivity contribution in [3.63, 3.8) is 0 Å². The quantitative estimate of drug-likeness (QED) is 0.663. The molecule has 1 N–H and O–H groups in total. The van der Waals surface area contributed by atoms with E-state index in [0.717, 1.165) is 24.3 Å². The van der Waals surface area contributed by atoms with E-state index in [1.807, 2.05) is 37.3 Å². The highest BCUT2D eigenvalue weighted by molar-refractivity contribution is 7.92. The Morgan fingerprint density at radius 3 is 2.23 bits per heavy atom. The summed E-state index contributed by atoms with van der Waals surface area (Å²) in [7, 11) is -3.80. The molecule has 0 aromatic heterocycles. The van der Waals surface area contributed by atoms with E-state index in [1.165, 1.54) is 12.1 Å². The number of carbonyl (C=O) groups excluding carboxylic acids is 1. The van der Waals surface area contributed by atoms with Gasteiger partial charge in [0, 0.05) is 37.4 Å². The number of piperazine rings is 1. The van der Waals surface area contributed by atoms with Gasteiger partial charge >= 0.3 is 0 Å². The molecule has 1 aliphatic rings. The van der Waals surface area contributed by atoms with Crippen molar-refractivity contribution in [1.29, 1.82) is 0 Å². The third-order valence-corrected chi connectivity index (χ3v) is 6.83. The standard InChI is InChI=1S/C24H25N3O3S/c1-19-8-5-6-13-23(19)25-31(29,30)22-12-7-9-20(18-22)24(28)27-16-14-26(15-17-27)21-10-3-2-4-11-21/h2-13,18,25H,14-17H2,1H3. The molecule has 4 rings (SSSR count). The van der Waals surface area contributed by atoms with Gasteiger partial charge in [0.15, 0.2) is 0 Å². The van der Waals surface area contributed by atoms with Crippen LogP contribution in [0.15, 0.2) is 83.8 Å². The summed E-state index contributed by atoms with van der Waals surface area (Å²) in [6, 6.07) is 23.5. The smallest absolute Gasteiger partial charge is 0.261 e. The fourth-order valence-corrected chi connectivity index (χ4v) is 4.85. The van der Waals surface area contributed by atoms with Gasteiger partial charge in [0.2, 0.25) is 0 Å². The Hall–Kier alpha value is -3.32. The Bertz CT molecular complexity index is 1170. The summed E-state index contributed by atoms with van der Waals surface area (Å²) in [5.41, 5.74) is 2.87. The molecule has 160 valence electrons. The number of aryl methyl sites for hydroxylation is 1. The Labute approximate surface area is 183 Å². The zero-order valence-electron chi connectivity index (χ0n) is 17.4. The average molecular weight is 436 g/mol. The highest BCUT2D eigenvalue weighted by Crippen LogP contribution is 2.21. The molecular formula is C24H25N3O3S. The molecule has 0 radical (unpaired) electrons.